The minimum absolute atomic E-state index is 0.0339. The van der Waals surface area contributed by atoms with Gasteiger partial charge in [-0.2, -0.15) is 0 Å². The summed E-state index contributed by atoms with van der Waals surface area (Å²) in [4.78, 5) is 35.8. The van der Waals surface area contributed by atoms with Crippen molar-refractivity contribution in [2.75, 3.05) is 12.4 Å². The van der Waals surface area contributed by atoms with Gasteiger partial charge in [0.25, 0.3) is 5.56 Å². The molecule has 9 heteroatoms. The Hall–Kier alpha value is -2.81. The third-order valence-corrected chi connectivity index (χ3v) is 4.01. The highest BCUT2D eigenvalue weighted by Crippen LogP contribution is 2.15. The van der Waals surface area contributed by atoms with E-state index in [2.05, 4.69) is 20.3 Å². The lowest BCUT2D eigenvalue weighted by Crippen LogP contribution is -2.32. The Bertz CT molecular complexity index is 923. The first-order chi connectivity index (χ1) is 11.0. The number of anilines is 1. The number of rotatable bonds is 3. The first-order valence-corrected chi connectivity index (χ1v) is 7.50. The summed E-state index contributed by atoms with van der Waals surface area (Å²) < 4.78 is 14.0. The fourth-order valence-corrected chi connectivity index (χ4v) is 2.71. The quantitative estimate of drug-likeness (QED) is 0.768. The fourth-order valence-electron chi connectivity index (χ4n) is 1.98. The van der Waals surface area contributed by atoms with E-state index in [-0.39, 0.29) is 17.8 Å². The predicted octanol–water partition coefficient (Wildman–Crippen LogP) is 2.18. The second kappa shape index (κ2) is 6.13. The first kappa shape index (κ1) is 15.1. The lowest BCUT2D eigenvalue weighted by molar-refractivity contribution is 0.219. The van der Waals surface area contributed by atoms with E-state index in [0.717, 1.165) is 6.20 Å². The number of thiophene rings is 1. The van der Waals surface area contributed by atoms with Gasteiger partial charge in [0.05, 0.1) is 23.9 Å². The van der Waals surface area contributed by atoms with Crippen molar-refractivity contribution < 1.29 is 9.18 Å². The number of urea groups is 1. The van der Waals surface area contributed by atoms with E-state index in [9.17, 15) is 14.0 Å². The lowest BCUT2D eigenvalue weighted by atomic mass is 10.4. The van der Waals surface area contributed by atoms with Crippen LogP contribution in [0.1, 0.15) is 5.82 Å². The van der Waals surface area contributed by atoms with Crippen molar-refractivity contribution in [1.82, 2.24) is 19.9 Å². The van der Waals surface area contributed by atoms with E-state index >= 15 is 0 Å². The Morgan fingerprint density at radius 2 is 2.30 bits per heavy atom. The number of hydrogen-bond donors (Lipinski definition) is 2. The van der Waals surface area contributed by atoms with Crippen molar-refractivity contribution in [2.24, 2.45) is 0 Å². The number of H-pyrrole nitrogens is 1. The molecule has 0 aliphatic carbocycles. The van der Waals surface area contributed by atoms with Crippen LogP contribution in [-0.4, -0.2) is 32.9 Å². The Labute approximate surface area is 133 Å². The number of pyridine rings is 1. The molecule has 0 aliphatic heterocycles. The smallest absolute Gasteiger partial charge is 0.320 e. The van der Waals surface area contributed by atoms with Crippen molar-refractivity contribution in [2.45, 2.75) is 6.54 Å². The van der Waals surface area contributed by atoms with Crippen LogP contribution in [0, 0.1) is 5.82 Å². The maximum absolute atomic E-state index is 13.5. The lowest BCUT2D eigenvalue weighted by Gasteiger charge is -2.17. The molecule has 2 amide bonds. The van der Waals surface area contributed by atoms with Crippen LogP contribution < -0.4 is 10.9 Å². The topological polar surface area (TPSA) is 91.0 Å². The van der Waals surface area contributed by atoms with Crippen molar-refractivity contribution >= 4 is 33.3 Å². The minimum atomic E-state index is -0.625. The van der Waals surface area contributed by atoms with E-state index in [1.54, 1.807) is 11.4 Å². The normalized spacial score (nSPS) is 10.7. The van der Waals surface area contributed by atoms with Crippen LogP contribution in [0.2, 0.25) is 0 Å². The molecule has 0 aliphatic rings. The van der Waals surface area contributed by atoms with Gasteiger partial charge in [-0.15, -0.1) is 11.3 Å². The van der Waals surface area contributed by atoms with Gasteiger partial charge in [-0.1, -0.05) is 0 Å². The van der Waals surface area contributed by atoms with Gasteiger partial charge >= 0.3 is 6.03 Å². The van der Waals surface area contributed by atoms with Crippen molar-refractivity contribution in [3.05, 3.63) is 51.9 Å². The zero-order valence-electron chi connectivity index (χ0n) is 12.0. The second-order valence-corrected chi connectivity index (χ2v) is 5.71. The molecule has 2 N–H and O–H groups in total. The van der Waals surface area contributed by atoms with Gasteiger partial charge in [-0.05, 0) is 17.5 Å². The number of hydrogen-bond acceptors (Lipinski definition) is 5. The van der Waals surface area contributed by atoms with Gasteiger partial charge in [0.15, 0.2) is 5.82 Å². The summed E-state index contributed by atoms with van der Waals surface area (Å²) in [6.07, 6.45) is 2.39. The van der Waals surface area contributed by atoms with Crippen molar-refractivity contribution in [1.29, 1.82) is 0 Å². The average Bonchev–Trinajstić information content (AvgIpc) is 2.98. The van der Waals surface area contributed by atoms with Gasteiger partial charge < -0.3 is 15.2 Å². The van der Waals surface area contributed by atoms with E-state index < -0.39 is 11.8 Å². The standard InChI is InChI=1S/C14H12FN5O2S/c1-20(14(22)18-9-2-4-16-6-8(9)15)7-11-17-10-3-5-23-12(10)13(21)19-11/h2-6H,7H2,1H3,(H,16,18,22)(H,17,19,21). The molecule has 23 heavy (non-hydrogen) atoms. The number of nitrogens with zero attached hydrogens (tertiary/aromatic N) is 3. The van der Waals surface area contributed by atoms with Crippen LogP contribution in [0.5, 0.6) is 0 Å². The van der Waals surface area contributed by atoms with Gasteiger partial charge in [-0.25, -0.2) is 14.2 Å². The largest absolute Gasteiger partial charge is 0.322 e. The summed E-state index contributed by atoms with van der Waals surface area (Å²) in [7, 11) is 1.52. The third-order valence-electron chi connectivity index (χ3n) is 3.11. The van der Waals surface area contributed by atoms with Crippen LogP contribution in [0.25, 0.3) is 10.2 Å². The average molecular weight is 333 g/mol. The summed E-state index contributed by atoms with van der Waals surface area (Å²) in [5.41, 5.74) is 0.378. The van der Waals surface area contributed by atoms with Crippen molar-refractivity contribution in [3.63, 3.8) is 0 Å². The molecule has 0 unspecified atom stereocenters. The Morgan fingerprint density at radius 1 is 1.48 bits per heavy atom. The monoisotopic (exact) mass is 333 g/mol. The molecule has 3 aromatic rings. The molecule has 118 valence electrons. The van der Waals surface area contributed by atoms with Crippen LogP contribution in [0.15, 0.2) is 34.7 Å². The molecular formula is C14H12FN5O2S. The molecule has 0 spiro atoms. The van der Waals surface area contributed by atoms with Gasteiger partial charge in [0.1, 0.15) is 10.5 Å². The summed E-state index contributed by atoms with van der Waals surface area (Å²) in [5, 5.41) is 4.21. The van der Waals surface area contributed by atoms with Crippen molar-refractivity contribution in [3.8, 4) is 0 Å². The zero-order valence-corrected chi connectivity index (χ0v) is 12.9. The third kappa shape index (κ3) is 3.19. The van der Waals surface area contributed by atoms with Crippen LogP contribution in [-0.2, 0) is 6.54 Å². The molecule has 3 heterocycles. The Morgan fingerprint density at radius 3 is 3.09 bits per heavy atom. The minimum Gasteiger partial charge on any atom is -0.320 e. The Kier molecular flexibility index (Phi) is 4.02. The molecule has 7 nitrogen and oxygen atoms in total. The van der Waals surface area contributed by atoms with E-state index in [4.69, 9.17) is 0 Å². The molecule has 0 atom stereocenters. The van der Waals surface area contributed by atoms with Crippen LogP contribution in [0.3, 0.4) is 0 Å². The van der Waals surface area contributed by atoms with Crippen LogP contribution in [0.4, 0.5) is 14.9 Å². The highest BCUT2D eigenvalue weighted by molar-refractivity contribution is 7.17. The molecule has 3 aromatic heterocycles. The number of carbonyl (C=O) groups is 1. The number of carbonyl (C=O) groups excluding carboxylic acids is 1. The molecule has 3 rings (SSSR count). The van der Waals surface area contributed by atoms with Crippen LogP contribution >= 0.6 is 11.3 Å². The highest BCUT2D eigenvalue weighted by atomic mass is 32.1. The number of aromatic nitrogens is 3. The first-order valence-electron chi connectivity index (χ1n) is 6.62. The molecule has 0 bridgehead atoms. The molecule has 0 saturated heterocycles. The SMILES string of the molecule is CN(Cc1nc2ccsc2c(=O)[nH]1)C(=O)Nc1ccncc1F. The van der Waals surface area contributed by atoms with E-state index in [0.29, 0.717) is 16.0 Å². The number of amides is 2. The molecule has 0 saturated carbocycles. The molecule has 0 aromatic carbocycles. The zero-order chi connectivity index (χ0) is 16.4. The van der Waals surface area contributed by atoms with Gasteiger partial charge in [-0.3, -0.25) is 9.78 Å². The number of halogens is 1. The summed E-state index contributed by atoms with van der Waals surface area (Å²) >= 11 is 1.30. The molecule has 0 radical (unpaired) electrons. The molecule has 0 fully saturated rings. The maximum Gasteiger partial charge on any atom is 0.322 e. The Balaban J connectivity index is 1.75. The maximum atomic E-state index is 13.5. The number of fused-ring (bicyclic) bond motifs is 1. The summed E-state index contributed by atoms with van der Waals surface area (Å²) in [6, 6.07) is 2.58. The molecular weight excluding hydrogens is 321 g/mol. The van der Waals surface area contributed by atoms with Gasteiger partial charge in [0, 0.05) is 13.2 Å². The predicted molar refractivity (Wildman–Crippen MR) is 84.9 cm³/mol. The number of aromatic amines is 1. The summed E-state index contributed by atoms with van der Waals surface area (Å²) in [6.45, 7) is 0.0829. The summed E-state index contributed by atoms with van der Waals surface area (Å²) in [5.74, 6) is -0.269. The number of nitrogens with one attached hydrogen (secondary N) is 2. The second-order valence-electron chi connectivity index (χ2n) is 4.79. The van der Waals surface area contributed by atoms with E-state index in [1.165, 1.54) is 35.5 Å². The van der Waals surface area contributed by atoms with E-state index in [1.807, 2.05) is 0 Å². The van der Waals surface area contributed by atoms with Gasteiger partial charge in [0.2, 0.25) is 0 Å². The highest BCUT2D eigenvalue weighted by Gasteiger charge is 2.14. The fraction of sp³-hybridized carbons (Fsp3) is 0.143.